The molecular formula is C12H11N5OS. The second-order valence-electron chi connectivity index (χ2n) is 3.54. The van der Waals surface area contributed by atoms with E-state index in [0.717, 1.165) is 11.5 Å². The SMILES string of the molecule is Cc1nsc(NC(=O)c2ccc(C#CCN)cn2)n1. The van der Waals surface area contributed by atoms with Crippen LogP contribution in [-0.2, 0) is 0 Å². The highest BCUT2D eigenvalue weighted by molar-refractivity contribution is 7.09. The quantitative estimate of drug-likeness (QED) is 0.789. The number of hydrogen-bond acceptors (Lipinski definition) is 6. The number of carbonyl (C=O) groups is 1. The molecule has 0 spiro atoms. The lowest BCUT2D eigenvalue weighted by atomic mass is 10.2. The van der Waals surface area contributed by atoms with E-state index < -0.39 is 0 Å². The van der Waals surface area contributed by atoms with Crippen molar-refractivity contribution in [3.63, 3.8) is 0 Å². The number of amides is 1. The Labute approximate surface area is 114 Å². The molecule has 0 bridgehead atoms. The van der Waals surface area contributed by atoms with Gasteiger partial charge in [0.1, 0.15) is 11.5 Å². The number of anilines is 1. The number of rotatable bonds is 2. The van der Waals surface area contributed by atoms with Crippen LogP contribution in [0.3, 0.4) is 0 Å². The maximum atomic E-state index is 11.9. The monoisotopic (exact) mass is 273 g/mol. The highest BCUT2D eigenvalue weighted by Crippen LogP contribution is 2.11. The van der Waals surface area contributed by atoms with Gasteiger partial charge in [-0.25, -0.2) is 9.97 Å². The average molecular weight is 273 g/mol. The van der Waals surface area contributed by atoms with E-state index in [1.165, 1.54) is 6.20 Å². The molecule has 19 heavy (non-hydrogen) atoms. The Kier molecular flexibility index (Phi) is 4.18. The van der Waals surface area contributed by atoms with Crippen molar-refractivity contribution in [3.05, 3.63) is 35.4 Å². The van der Waals surface area contributed by atoms with Crippen LogP contribution in [0.4, 0.5) is 5.13 Å². The summed E-state index contributed by atoms with van der Waals surface area (Å²) in [6.45, 7) is 2.05. The Morgan fingerprint density at radius 2 is 2.37 bits per heavy atom. The standard InChI is InChI=1S/C12H11N5OS/c1-8-15-12(19-17-8)16-11(18)10-5-4-9(7-14-10)3-2-6-13/h4-5,7H,6,13H2,1H3,(H,15,16,17,18). The molecule has 0 aliphatic heterocycles. The normalized spacial score (nSPS) is 9.58. The second kappa shape index (κ2) is 6.04. The van der Waals surface area contributed by atoms with Gasteiger partial charge in [0.2, 0.25) is 5.13 Å². The molecule has 3 N–H and O–H groups in total. The van der Waals surface area contributed by atoms with E-state index in [0.29, 0.717) is 28.8 Å². The summed E-state index contributed by atoms with van der Waals surface area (Å²) in [4.78, 5) is 19.9. The van der Waals surface area contributed by atoms with E-state index in [1.807, 2.05) is 0 Å². The zero-order chi connectivity index (χ0) is 13.7. The van der Waals surface area contributed by atoms with Gasteiger partial charge in [0.15, 0.2) is 0 Å². The first-order chi connectivity index (χ1) is 9.19. The Bertz CT molecular complexity index is 638. The van der Waals surface area contributed by atoms with Gasteiger partial charge in [0, 0.05) is 23.3 Å². The summed E-state index contributed by atoms with van der Waals surface area (Å²) in [7, 11) is 0. The fraction of sp³-hybridized carbons (Fsp3) is 0.167. The van der Waals surface area contributed by atoms with Crippen LogP contribution in [0.2, 0.25) is 0 Å². The molecule has 1 amide bonds. The van der Waals surface area contributed by atoms with Gasteiger partial charge in [0.25, 0.3) is 5.91 Å². The molecule has 0 saturated heterocycles. The third-order valence-corrected chi connectivity index (χ3v) is 2.80. The maximum absolute atomic E-state index is 11.9. The van der Waals surface area contributed by atoms with E-state index in [1.54, 1.807) is 19.1 Å². The lowest BCUT2D eigenvalue weighted by molar-refractivity contribution is 0.102. The van der Waals surface area contributed by atoms with E-state index in [2.05, 4.69) is 31.5 Å². The molecule has 6 nitrogen and oxygen atoms in total. The molecule has 2 aromatic heterocycles. The molecule has 0 fully saturated rings. The fourth-order valence-corrected chi connectivity index (χ4v) is 1.83. The summed E-state index contributed by atoms with van der Waals surface area (Å²) in [6, 6.07) is 3.32. The topological polar surface area (TPSA) is 93.8 Å². The number of nitrogens with zero attached hydrogens (tertiary/aromatic N) is 3. The summed E-state index contributed by atoms with van der Waals surface area (Å²) < 4.78 is 3.98. The molecule has 7 heteroatoms. The third kappa shape index (κ3) is 3.58. The molecule has 0 unspecified atom stereocenters. The minimum absolute atomic E-state index is 0.290. The molecule has 2 heterocycles. The fourth-order valence-electron chi connectivity index (χ4n) is 1.26. The second-order valence-corrected chi connectivity index (χ2v) is 4.29. The lowest BCUT2D eigenvalue weighted by Gasteiger charge is -2.00. The summed E-state index contributed by atoms with van der Waals surface area (Å²) in [6.07, 6.45) is 1.53. The van der Waals surface area contributed by atoms with Crippen LogP contribution in [0.5, 0.6) is 0 Å². The smallest absolute Gasteiger partial charge is 0.276 e. The highest BCUT2D eigenvalue weighted by Gasteiger charge is 2.09. The van der Waals surface area contributed by atoms with Gasteiger partial charge in [-0.15, -0.1) is 0 Å². The largest absolute Gasteiger partial charge is 0.320 e. The first kappa shape index (κ1) is 13.1. The van der Waals surface area contributed by atoms with Gasteiger partial charge >= 0.3 is 0 Å². The number of nitrogens with one attached hydrogen (secondary N) is 1. The molecule has 96 valence electrons. The van der Waals surface area contributed by atoms with E-state index in [9.17, 15) is 4.79 Å². The maximum Gasteiger partial charge on any atom is 0.276 e. The first-order valence-corrected chi connectivity index (χ1v) is 6.23. The summed E-state index contributed by atoms with van der Waals surface area (Å²) >= 11 is 1.13. The van der Waals surface area contributed by atoms with Crippen LogP contribution < -0.4 is 11.1 Å². The van der Waals surface area contributed by atoms with Crippen LogP contribution in [0.15, 0.2) is 18.3 Å². The predicted octanol–water partition coefficient (Wildman–Crippen LogP) is 0.804. The zero-order valence-corrected chi connectivity index (χ0v) is 11.0. The Morgan fingerprint density at radius 3 is 2.95 bits per heavy atom. The molecule has 2 rings (SSSR count). The third-order valence-electron chi connectivity index (χ3n) is 2.08. The molecule has 0 aliphatic rings. The Morgan fingerprint density at radius 1 is 1.53 bits per heavy atom. The summed E-state index contributed by atoms with van der Waals surface area (Å²) in [5.74, 6) is 5.85. The van der Waals surface area contributed by atoms with Gasteiger partial charge in [-0.1, -0.05) is 11.8 Å². The van der Waals surface area contributed by atoms with Crippen molar-refractivity contribution in [3.8, 4) is 11.8 Å². The number of aryl methyl sites for hydroxylation is 1. The van der Waals surface area contributed by atoms with Crippen LogP contribution in [0, 0.1) is 18.8 Å². The van der Waals surface area contributed by atoms with Gasteiger partial charge in [-0.05, 0) is 19.1 Å². The Balaban J connectivity index is 2.07. The lowest BCUT2D eigenvalue weighted by Crippen LogP contribution is -2.13. The average Bonchev–Trinajstić information content (AvgIpc) is 2.82. The number of pyridine rings is 1. The molecule has 0 saturated carbocycles. The van der Waals surface area contributed by atoms with Crippen LogP contribution >= 0.6 is 11.5 Å². The van der Waals surface area contributed by atoms with Gasteiger partial charge in [-0.2, -0.15) is 4.37 Å². The van der Waals surface area contributed by atoms with Crippen molar-refractivity contribution in [2.45, 2.75) is 6.92 Å². The van der Waals surface area contributed by atoms with Crippen molar-refractivity contribution in [1.82, 2.24) is 14.3 Å². The Hall–Kier alpha value is -2.30. The minimum Gasteiger partial charge on any atom is -0.320 e. The van der Waals surface area contributed by atoms with Gasteiger partial charge in [-0.3, -0.25) is 10.1 Å². The van der Waals surface area contributed by atoms with E-state index >= 15 is 0 Å². The molecule has 0 radical (unpaired) electrons. The molecule has 0 aliphatic carbocycles. The number of carbonyl (C=O) groups excluding carboxylic acids is 1. The molecular weight excluding hydrogens is 262 g/mol. The minimum atomic E-state index is -0.325. The molecule has 2 aromatic rings. The number of aromatic nitrogens is 3. The van der Waals surface area contributed by atoms with Crippen molar-refractivity contribution < 1.29 is 4.79 Å². The summed E-state index contributed by atoms with van der Waals surface area (Å²) in [5.41, 5.74) is 6.29. The van der Waals surface area contributed by atoms with Crippen molar-refractivity contribution in [2.24, 2.45) is 5.73 Å². The van der Waals surface area contributed by atoms with Gasteiger partial charge < -0.3 is 5.73 Å². The first-order valence-electron chi connectivity index (χ1n) is 5.45. The van der Waals surface area contributed by atoms with E-state index in [4.69, 9.17) is 5.73 Å². The van der Waals surface area contributed by atoms with E-state index in [-0.39, 0.29) is 5.91 Å². The number of nitrogens with two attached hydrogens (primary N) is 1. The van der Waals surface area contributed by atoms with Crippen LogP contribution in [-0.4, -0.2) is 26.8 Å². The highest BCUT2D eigenvalue weighted by atomic mass is 32.1. The molecule has 0 aromatic carbocycles. The van der Waals surface area contributed by atoms with Crippen LogP contribution in [0.25, 0.3) is 0 Å². The van der Waals surface area contributed by atoms with Gasteiger partial charge in [0.05, 0.1) is 6.54 Å². The van der Waals surface area contributed by atoms with Crippen molar-refractivity contribution >= 4 is 22.6 Å². The van der Waals surface area contributed by atoms with Crippen molar-refractivity contribution in [1.29, 1.82) is 0 Å². The number of hydrogen-bond donors (Lipinski definition) is 2. The predicted molar refractivity (Wildman–Crippen MR) is 72.8 cm³/mol. The van der Waals surface area contributed by atoms with Crippen molar-refractivity contribution in [2.75, 3.05) is 11.9 Å². The summed E-state index contributed by atoms with van der Waals surface area (Å²) in [5, 5.41) is 3.08. The molecule has 0 atom stereocenters. The zero-order valence-electron chi connectivity index (χ0n) is 10.2. The van der Waals surface area contributed by atoms with Crippen LogP contribution in [0.1, 0.15) is 21.9 Å².